The van der Waals surface area contributed by atoms with Crippen molar-refractivity contribution in [3.05, 3.63) is 36.8 Å². The predicted octanol–water partition coefficient (Wildman–Crippen LogP) is 2.92. The lowest BCUT2D eigenvalue weighted by Gasteiger charge is -2.12. The molecule has 0 saturated carbocycles. The fourth-order valence-corrected chi connectivity index (χ4v) is 3.89. The van der Waals surface area contributed by atoms with E-state index in [1.165, 1.54) is 0 Å². The van der Waals surface area contributed by atoms with Gasteiger partial charge >= 0.3 is 0 Å². The van der Waals surface area contributed by atoms with Crippen molar-refractivity contribution in [2.45, 2.75) is 45.1 Å². The zero-order valence-corrected chi connectivity index (χ0v) is 18.7. The van der Waals surface area contributed by atoms with Gasteiger partial charge in [-0.3, -0.25) is 4.79 Å². The first-order valence-electron chi connectivity index (χ1n) is 10.3. The van der Waals surface area contributed by atoms with E-state index in [2.05, 4.69) is 51.5 Å². The van der Waals surface area contributed by atoms with Gasteiger partial charge in [0.2, 0.25) is 5.91 Å². The van der Waals surface area contributed by atoms with E-state index >= 15 is 0 Å². The molecule has 162 valence electrons. The molecule has 3 aromatic heterocycles. The van der Waals surface area contributed by atoms with Crippen molar-refractivity contribution in [2.75, 3.05) is 17.6 Å². The maximum Gasteiger partial charge on any atom is 0.240 e. The quantitative estimate of drug-likeness (QED) is 0.306. The van der Waals surface area contributed by atoms with Crippen LogP contribution in [0.25, 0.3) is 22.1 Å². The van der Waals surface area contributed by atoms with E-state index < -0.39 is 0 Å². The second-order valence-corrected chi connectivity index (χ2v) is 8.63. The minimum absolute atomic E-state index is 0.0707. The summed E-state index contributed by atoms with van der Waals surface area (Å²) in [6.07, 6.45) is 3.47. The molecule has 4 rings (SSSR count). The van der Waals surface area contributed by atoms with E-state index in [1.54, 1.807) is 24.3 Å². The number of hydrogen-bond acceptors (Lipinski definition) is 7. The average Bonchev–Trinajstić information content (AvgIpc) is 3.33. The van der Waals surface area contributed by atoms with Crippen LogP contribution >= 0.6 is 11.8 Å². The van der Waals surface area contributed by atoms with E-state index in [0.717, 1.165) is 38.8 Å². The first-order valence-corrected chi connectivity index (χ1v) is 11.3. The molecule has 2 N–H and O–H groups in total. The lowest BCUT2D eigenvalue weighted by atomic mass is 10.3. The second-order valence-electron chi connectivity index (χ2n) is 7.40. The minimum atomic E-state index is -0.0707. The van der Waals surface area contributed by atoms with Crippen molar-refractivity contribution in [3.8, 4) is 0 Å². The Bertz CT molecular complexity index is 1200. The van der Waals surface area contributed by atoms with E-state index in [4.69, 9.17) is 0 Å². The molecule has 10 heteroatoms. The van der Waals surface area contributed by atoms with Crippen LogP contribution in [0.2, 0.25) is 0 Å². The molecule has 0 atom stereocenters. The second kappa shape index (κ2) is 9.34. The summed E-state index contributed by atoms with van der Waals surface area (Å²) in [4.78, 5) is 26.1. The van der Waals surface area contributed by atoms with Gasteiger partial charge in [0, 0.05) is 12.6 Å². The number of amides is 1. The number of nitrogens with one attached hydrogen (secondary N) is 2. The van der Waals surface area contributed by atoms with Gasteiger partial charge in [0.05, 0.1) is 35.5 Å². The van der Waals surface area contributed by atoms with Gasteiger partial charge in [-0.15, -0.1) is 0 Å². The molecule has 0 unspecified atom stereocenters. The lowest BCUT2D eigenvalue weighted by molar-refractivity contribution is -0.121. The smallest absolute Gasteiger partial charge is 0.240 e. The molecule has 0 aliphatic heterocycles. The van der Waals surface area contributed by atoms with E-state index in [0.29, 0.717) is 13.1 Å². The molecule has 0 fully saturated rings. The van der Waals surface area contributed by atoms with Gasteiger partial charge in [-0.2, -0.15) is 5.10 Å². The van der Waals surface area contributed by atoms with Crippen LogP contribution in [0.5, 0.6) is 0 Å². The molecule has 0 bridgehead atoms. The lowest BCUT2D eigenvalue weighted by Crippen LogP contribution is -2.30. The average molecular weight is 439 g/mol. The Kier molecular flexibility index (Phi) is 6.36. The van der Waals surface area contributed by atoms with E-state index in [-0.39, 0.29) is 18.5 Å². The molecular formula is C21H26N8OS. The van der Waals surface area contributed by atoms with Crippen molar-refractivity contribution in [1.29, 1.82) is 0 Å². The highest BCUT2D eigenvalue weighted by Crippen LogP contribution is 2.24. The van der Waals surface area contributed by atoms with Crippen molar-refractivity contribution in [3.63, 3.8) is 0 Å². The summed E-state index contributed by atoms with van der Waals surface area (Å²) >= 11 is 1.59. The Morgan fingerprint density at radius 3 is 2.87 bits per heavy atom. The summed E-state index contributed by atoms with van der Waals surface area (Å²) in [5, 5.41) is 12.4. The third kappa shape index (κ3) is 4.79. The van der Waals surface area contributed by atoms with Crippen molar-refractivity contribution in [2.24, 2.45) is 0 Å². The maximum atomic E-state index is 12.4. The molecule has 4 aromatic rings. The number of nitrogens with zero attached hydrogens (tertiary/aromatic N) is 6. The number of carbonyl (C=O) groups is 1. The molecule has 3 heterocycles. The van der Waals surface area contributed by atoms with Gasteiger partial charge in [0.25, 0.3) is 0 Å². The van der Waals surface area contributed by atoms with Gasteiger partial charge in [0.15, 0.2) is 10.8 Å². The fraction of sp³-hybridized carbons (Fsp3) is 0.381. The number of thioether (sulfide) groups is 1. The first kappa shape index (κ1) is 21.1. The van der Waals surface area contributed by atoms with Crippen LogP contribution in [0.3, 0.4) is 0 Å². The molecule has 0 radical (unpaired) electrons. The van der Waals surface area contributed by atoms with Crippen molar-refractivity contribution >= 4 is 45.6 Å². The number of imidazole rings is 1. The summed E-state index contributed by atoms with van der Waals surface area (Å²) < 4.78 is 3.66. The number of fused-ring (bicyclic) bond motifs is 2. The number of carbonyl (C=O) groups excluding carboxylic acids is 1. The van der Waals surface area contributed by atoms with Crippen LogP contribution in [-0.2, 0) is 17.9 Å². The number of aromatic nitrogens is 6. The van der Waals surface area contributed by atoms with Crippen LogP contribution in [0.4, 0.5) is 5.82 Å². The summed E-state index contributed by atoms with van der Waals surface area (Å²) in [6, 6.07) is 8.02. The molecule has 0 spiro atoms. The zero-order chi connectivity index (χ0) is 21.8. The van der Waals surface area contributed by atoms with Crippen LogP contribution in [0, 0.1) is 0 Å². The van der Waals surface area contributed by atoms with Crippen LogP contribution in [-0.4, -0.2) is 53.5 Å². The zero-order valence-electron chi connectivity index (χ0n) is 17.9. The highest BCUT2D eigenvalue weighted by molar-refractivity contribution is 7.99. The van der Waals surface area contributed by atoms with E-state index in [9.17, 15) is 4.79 Å². The van der Waals surface area contributed by atoms with Gasteiger partial charge < -0.3 is 15.2 Å². The predicted molar refractivity (Wildman–Crippen MR) is 123 cm³/mol. The van der Waals surface area contributed by atoms with Crippen molar-refractivity contribution < 1.29 is 4.79 Å². The van der Waals surface area contributed by atoms with Crippen LogP contribution in [0.15, 0.2) is 41.9 Å². The normalized spacial score (nSPS) is 11.5. The Labute approximate surface area is 184 Å². The Hall–Kier alpha value is -3.14. The monoisotopic (exact) mass is 438 g/mol. The third-order valence-electron chi connectivity index (χ3n) is 4.66. The first-order chi connectivity index (χ1) is 15.0. The largest absolute Gasteiger partial charge is 0.367 e. The molecule has 1 amide bonds. The Morgan fingerprint density at radius 1 is 1.23 bits per heavy atom. The fourth-order valence-electron chi connectivity index (χ4n) is 3.32. The molecule has 0 aliphatic rings. The Morgan fingerprint density at radius 2 is 2.06 bits per heavy atom. The van der Waals surface area contributed by atoms with Crippen molar-refractivity contribution in [1.82, 2.24) is 34.6 Å². The summed E-state index contributed by atoms with van der Waals surface area (Å²) in [6.45, 7) is 7.42. The molecule has 9 nitrogen and oxygen atoms in total. The summed E-state index contributed by atoms with van der Waals surface area (Å²) in [5.41, 5.74) is 2.59. The molecular weight excluding hydrogens is 412 g/mol. The topological polar surface area (TPSA) is 103 Å². The van der Waals surface area contributed by atoms with Gasteiger partial charge in [0.1, 0.15) is 12.4 Å². The third-order valence-corrected chi connectivity index (χ3v) is 5.39. The number of anilines is 1. The maximum absolute atomic E-state index is 12.4. The minimum Gasteiger partial charge on any atom is -0.367 e. The number of hydrogen-bond donors (Lipinski definition) is 2. The summed E-state index contributed by atoms with van der Waals surface area (Å²) in [5.74, 6) is 1.61. The molecule has 1 aromatic carbocycles. The number of para-hydroxylation sites is 2. The van der Waals surface area contributed by atoms with Gasteiger partial charge in [-0.25, -0.2) is 19.6 Å². The van der Waals surface area contributed by atoms with Crippen LogP contribution < -0.4 is 10.6 Å². The Balaban J connectivity index is 1.43. The standard InChI is InChI=1S/C21H26N8OS/c1-4-31-21-26-19(25-14(2)3)15-11-24-29(20(15)27-21)10-9-22-18(30)12-28-13-23-16-7-5-6-8-17(16)28/h5-8,11,13-14H,4,9-10,12H2,1-3H3,(H,22,30)(H,25,26,27). The summed E-state index contributed by atoms with van der Waals surface area (Å²) in [7, 11) is 0. The molecule has 0 saturated heterocycles. The van der Waals surface area contributed by atoms with Crippen LogP contribution in [0.1, 0.15) is 20.8 Å². The highest BCUT2D eigenvalue weighted by Gasteiger charge is 2.14. The van der Waals surface area contributed by atoms with E-state index in [1.807, 2.05) is 33.5 Å². The van der Waals surface area contributed by atoms with Gasteiger partial charge in [-0.05, 0) is 31.7 Å². The molecule has 0 aliphatic carbocycles. The highest BCUT2D eigenvalue weighted by atomic mass is 32.2. The SMILES string of the molecule is CCSc1nc(NC(C)C)c2cnn(CCNC(=O)Cn3cnc4ccccc43)c2n1. The molecule has 31 heavy (non-hydrogen) atoms. The number of benzene rings is 1. The number of rotatable bonds is 9. The van der Waals surface area contributed by atoms with Gasteiger partial charge in [-0.1, -0.05) is 30.8 Å².